The van der Waals surface area contributed by atoms with E-state index in [0.717, 1.165) is 6.42 Å². The topological polar surface area (TPSA) is 76.9 Å². The molecule has 0 aromatic carbocycles. The molecular weight excluding hydrogens is 283 g/mol. The Morgan fingerprint density at radius 3 is 2.91 bits per heavy atom. The highest BCUT2D eigenvalue weighted by Crippen LogP contribution is 2.41. The van der Waals surface area contributed by atoms with Gasteiger partial charge in [-0.3, -0.25) is 4.99 Å². The average molecular weight is 306 g/mol. The van der Waals surface area contributed by atoms with Gasteiger partial charge in [0.15, 0.2) is 0 Å². The summed E-state index contributed by atoms with van der Waals surface area (Å²) in [6, 6.07) is 0.0912. The smallest absolute Gasteiger partial charge is 0.118 e. The zero-order valence-corrected chi connectivity index (χ0v) is 13.1. The fourth-order valence-electron chi connectivity index (χ4n) is 3.73. The maximum absolute atomic E-state index is 14.5. The van der Waals surface area contributed by atoms with E-state index in [0.29, 0.717) is 31.1 Å². The van der Waals surface area contributed by atoms with Crippen molar-refractivity contribution in [2.45, 2.75) is 31.3 Å². The van der Waals surface area contributed by atoms with Crippen molar-refractivity contribution in [3.8, 4) is 0 Å². The van der Waals surface area contributed by atoms with Crippen LogP contribution in [0.15, 0.2) is 40.4 Å². The van der Waals surface area contributed by atoms with Crippen LogP contribution in [0.5, 0.6) is 0 Å². The summed E-state index contributed by atoms with van der Waals surface area (Å²) in [5.74, 6) is -0.0928. The van der Waals surface area contributed by atoms with Crippen molar-refractivity contribution < 1.29 is 9.13 Å². The molecule has 0 amide bonds. The Kier molecular flexibility index (Phi) is 3.72. The Morgan fingerprint density at radius 2 is 2.18 bits per heavy atom. The van der Waals surface area contributed by atoms with Crippen LogP contribution in [-0.4, -0.2) is 42.6 Å². The molecule has 0 bridgehead atoms. The summed E-state index contributed by atoms with van der Waals surface area (Å²) in [4.78, 5) is 6.89. The maximum Gasteiger partial charge on any atom is 0.118 e. The molecule has 3 atom stereocenters. The molecule has 0 spiro atoms. The third kappa shape index (κ3) is 2.41. The molecule has 0 aromatic heterocycles. The minimum absolute atomic E-state index is 0.0912. The Hall–Kier alpha value is -1.82. The van der Waals surface area contributed by atoms with E-state index in [9.17, 15) is 4.39 Å². The second kappa shape index (κ2) is 5.43. The predicted octanol–water partition coefficient (Wildman–Crippen LogP) is 1.44. The molecule has 4 N–H and O–H groups in total. The van der Waals surface area contributed by atoms with Crippen LogP contribution in [0, 0.1) is 5.92 Å². The number of halogens is 1. The molecule has 0 unspecified atom stereocenters. The van der Waals surface area contributed by atoms with Gasteiger partial charge in [-0.1, -0.05) is 5.57 Å². The lowest BCUT2D eigenvalue weighted by Gasteiger charge is -2.45. The molecule has 0 saturated heterocycles. The first-order chi connectivity index (χ1) is 10.4. The van der Waals surface area contributed by atoms with Gasteiger partial charge in [-0.15, -0.1) is 0 Å². The van der Waals surface area contributed by atoms with Gasteiger partial charge in [0.05, 0.1) is 12.6 Å². The van der Waals surface area contributed by atoms with Gasteiger partial charge < -0.3 is 21.1 Å². The maximum atomic E-state index is 14.5. The van der Waals surface area contributed by atoms with Crippen molar-refractivity contribution >= 4 is 5.84 Å². The van der Waals surface area contributed by atoms with E-state index < -0.39 is 11.5 Å². The second-order valence-corrected chi connectivity index (χ2v) is 6.49. The molecule has 120 valence electrons. The van der Waals surface area contributed by atoms with E-state index in [1.807, 2.05) is 0 Å². The first-order valence-corrected chi connectivity index (χ1v) is 7.54. The van der Waals surface area contributed by atoms with Gasteiger partial charge in [0.2, 0.25) is 0 Å². The minimum Gasteiger partial charge on any atom is -0.402 e. The summed E-state index contributed by atoms with van der Waals surface area (Å²) in [7, 11) is 1.61. The van der Waals surface area contributed by atoms with Crippen molar-refractivity contribution in [1.29, 1.82) is 0 Å². The highest BCUT2D eigenvalue weighted by atomic mass is 19.1. The van der Waals surface area contributed by atoms with Gasteiger partial charge >= 0.3 is 0 Å². The average Bonchev–Trinajstić information content (AvgIpc) is 2.82. The monoisotopic (exact) mass is 306 g/mol. The van der Waals surface area contributed by atoms with E-state index in [1.165, 1.54) is 11.6 Å². The third-order valence-corrected chi connectivity index (χ3v) is 4.72. The lowest BCUT2D eigenvalue weighted by Crippen LogP contribution is -2.58. The number of fused-ring (bicyclic) bond motifs is 1. The summed E-state index contributed by atoms with van der Waals surface area (Å²) < 4.78 is 19.9. The van der Waals surface area contributed by atoms with Crippen LogP contribution in [0.2, 0.25) is 0 Å². The van der Waals surface area contributed by atoms with Gasteiger partial charge in [-0.05, 0) is 38.1 Å². The number of allylic oxidation sites excluding steroid dienone is 3. The highest BCUT2D eigenvalue weighted by Gasteiger charge is 2.48. The lowest BCUT2D eigenvalue weighted by molar-refractivity contribution is 0.0690. The molecule has 0 radical (unpaired) electrons. The Bertz CT molecular complexity index is 595. The molecule has 3 aliphatic rings. The Balaban J connectivity index is 1.99. The first-order valence-electron chi connectivity index (χ1n) is 7.54. The molecule has 22 heavy (non-hydrogen) atoms. The zero-order valence-electron chi connectivity index (χ0n) is 13.1. The largest absolute Gasteiger partial charge is 0.402 e. The molecule has 5 nitrogen and oxygen atoms in total. The van der Waals surface area contributed by atoms with Crippen LogP contribution in [0.25, 0.3) is 0 Å². The van der Waals surface area contributed by atoms with Crippen molar-refractivity contribution in [2.75, 3.05) is 20.3 Å². The summed E-state index contributed by atoms with van der Waals surface area (Å²) >= 11 is 0. The summed E-state index contributed by atoms with van der Waals surface area (Å²) in [6.07, 6.45) is 6.46. The third-order valence-electron chi connectivity index (χ3n) is 4.72. The van der Waals surface area contributed by atoms with Gasteiger partial charge in [0, 0.05) is 25.3 Å². The van der Waals surface area contributed by atoms with E-state index >= 15 is 0 Å². The Labute approximate surface area is 130 Å². The number of hydrogen-bond donors (Lipinski definition) is 2. The molecule has 2 heterocycles. The minimum atomic E-state index is -0.740. The summed E-state index contributed by atoms with van der Waals surface area (Å²) in [6.45, 7) is 2.97. The number of ether oxygens (including phenoxy) is 1. The summed E-state index contributed by atoms with van der Waals surface area (Å²) in [5.41, 5.74) is 13.3. The SMILES string of the molecule is COC[C@]1([C@@H]2CC(N)=CC=C2F)CN2C=C(C)C[C@@H]2C(N)=N1. The fourth-order valence-corrected chi connectivity index (χ4v) is 3.73. The number of rotatable bonds is 3. The van der Waals surface area contributed by atoms with E-state index in [2.05, 4.69) is 18.0 Å². The van der Waals surface area contributed by atoms with Gasteiger partial charge in [-0.2, -0.15) is 0 Å². The number of amidine groups is 1. The zero-order chi connectivity index (χ0) is 15.9. The van der Waals surface area contributed by atoms with Crippen LogP contribution in [0.4, 0.5) is 4.39 Å². The molecule has 6 heteroatoms. The molecule has 2 aliphatic heterocycles. The first kappa shape index (κ1) is 15.1. The van der Waals surface area contributed by atoms with Crippen LogP contribution in [0.3, 0.4) is 0 Å². The number of hydrogen-bond acceptors (Lipinski definition) is 5. The van der Waals surface area contributed by atoms with Crippen LogP contribution in [0.1, 0.15) is 19.8 Å². The number of methoxy groups -OCH3 is 1. The molecule has 0 saturated carbocycles. The molecule has 3 rings (SSSR count). The van der Waals surface area contributed by atoms with Crippen molar-refractivity contribution in [2.24, 2.45) is 22.4 Å². The van der Waals surface area contributed by atoms with Crippen LogP contribution in [-0.2, 0) is 4.74 Å². The normalized spacial score (nSPS) is 34.6. The highest BCUT2D eigenvalue weighted by molar-refractivity contribution is 5.88. The predicted molar refractivity (Wildman–Crippen MR) is 84.7 cm³/mol. The molecular formula is C16H23FN4O. The summed E-state index contributed by atoms with van der Waals surface area (Å²) in [5, 5.41) is 0. The van der Waals surface area contributed by atoms with Gasteiger partial charge in [-0.25, -0.2) is 4.39 Å². The number of nitrogens with two attached hydrogens (primary N) is 2. The van der Waals surface area contributed by atoms with Crippen molar-refractivity contribution in [1.82, 2.24) is 4.90 Å². The van der Waals surface area contributed by atoms with E-state index in [-0.39, 0.29) is 11.9 Å². The van der Waals surface area contributed by atoms with E-state index in [1.54, 1.807) is 13.2 Å². The quantitative estimate of drug-likeness (QED) is 0.827. The number of aliphatic imine (C=N–C) groups is 1. The standard InChI is InChI=1S/C16H23FN4O/c1-10-5-14-15(19)20-16(9-22-2,8-21(14)7-10)12-6-11(18)3-4-13(12)17/h3-4,7,12,14H,5-6,8-9,18H2,1-2H3,(H2,19,20)/t12-,14-,16+/m1/s1. The molecule has 0 aromatic rings. The van der Waals surface area contributed by atoms with Crippen molar-refractivity contribution in [3.63, 3.8) is 0 Å². The van der Waals surface area contributed by atoms with Crippen molar-refractivity contribution in [3.05, 3.63) is 35.4 Å². The Morgan fingerprint density at radius 1 is 1.41 bits per heavy atom. The molecule has 1 aliphatic carbocycles. The molecule has 0 fully saturated rings. The fraction of sp³-hybridized carbons (Fsp3) is 0.562. The van der Waals surface area contributed by atoms with Crippen LogP contribution >= 0.6 is 0 Å². The van der Waals surface area contributed by atoms with Gasteiger partial charge in [0.1, 0.15) is 17.2 Å². The van der Waals surface area contributed by atoms with Crippen LogP contribution < -0.4 is 11.5 Å². The number of nitrogens with zero attached hydrogens (tertiary/aromatic N) is 2. The lowest BCUT2D eigenvalue weighted by atomic mass is 9.77. The second-order valence-electron chi connectivity index (χ2n) is 6.49. The van der Waals surface area contributed by atoms with Gasteiger partial charge in [0.25, 0.3) is 0 Å². The van der Waals surface area contributed by atoms with E-state index in [4.69, 9.17) is 21.2 Å².